The van der Waals surface area contributed by atoms with Crippen LogP contribution in [0.25, 0.3) is 0 Å². The Labute approximate surface area is 120 Å². The van der Waals surface area contributed by atoms with Gasteiger partial charge in [0.15, 0.2) is 0 Å². The molecule has 8 nitrogen and oxygen atoms in total. The summed E-state index contributed by atoms with van der Waals surface area (Å²) in [7, 11) is 1.27. The zero-order valence-electron chi connectivity index (χ0n) is 11.3. The van der Waals surface area contributed by atoms with E-state index in [2.05, 4.69) is 6.58 Å². The number of benzene rings is 1. The summed E-state index contributed by atoms with van der Waals surface area (Å²) in [5.41, 5.74) is -0.178. The van der Waals surface area contributed by atoms with Crippen molar-refractivity contribution in [3.63, 3.8) is 0 Å². The second-order valence-corrected chi connectivity index (χ2v) is 4.01. The van der Waals surface area contributed by atoms with Gasteiger partial charge in [0.1, 0.15) is 12.3 Å². The first-order valence-electron chi connectivity index (χ1n) is 5.85. The Morgan fingerprint density at radius 1 is 1.52 bits per heavy atom. The van der Waals surface area contributed by atoms with Crippen molar-refractivity contribution < 1.29 is 24.4 Å². The zero-order chi connectivity index (χ0) is 16.0. The molecule has 0 unspecified atom stereocenters. The number of aliphatic carboxylic acids is 1. The van der Waals surface area contributed by atoms with Gasteiger partial charge in [-0.15, -0.1) is 6.58 Å². The summed E-state index contributed by atoms with van der Waals surface area (Å²) in [6.45, 7) is 2.98. The first kappa shape index (κ1) is 16.2. The number of non-ortho nitro benzene ring substituents is 1. The molecule has 1 N–H and O–H groups in total. The Hall–Kier alpha value is -2.90. The van der Waals surface area contributed by atoms with Gasteiger partial charge in [0.25, 0.3) is 11.6 Å². The minimum Gasteiger partial charge on any atom is -0.496 e. The number of carboxylic acid groups (broad SMARTS) is 1. The molecule has 8 heteroatoms. The lowest BCUT2D eigenvalue weighted by Crippen LogP contribution is -2.36. The molecule has 112 valence electrons. The second-order valence-electron chi connectivity index (χ2n) is 4.01. The fourth-order valence-electron chi connectivity index (χ4n) is 1.68. The van der Waals surface area contributed by atoms with Gasteiger partial charge in [0, 0.05) is 12.6 Å². The van der Waals surface area contributed by atoms with E-state index in [1.165, 1.54) is 19.3 Å². The molecule has 0 aliphatic rings. The zero-order valence-corrected chi connectivity index (χ0v) is 11.3. The van der Waals surface area contributed by atoms with Crippen molar-refractivity contribution in [2.45, 2.75) is 0 Å². The molecule has 21 heavy (non-hydrogen) atoms. The highest BCUT2D eigenvalue weighted by atomic mass is 16.6. The smallest absolute Gasteiger partial charge is 0.323 e. The molecule has 0 aliphatic heterocycles. The normalized spacial score (nSPS) is 9.76. The number of carbonyl (C=O) groups excluding carboxylic acids is 1. The number of carboxylic acids is 1. The van der Waals surface area contributed by atoms with Crippen LogP contribution in [0.3, 0.4) is 0 Å². The van der Waals surface area contributed by atoms with Crippen LogP contribution in [0.4, 0.5) is 5.69 Å². The van der Waals surface area contributed by atoms with Gasteiger partial charge in [0.2, 0.25) is 0 Å². The Kier molecular flexibility index (Phi) is 5.41. The quantitative estimate of drug-likeness (QED) is 0.461. The number of carbonyl (C=O) groups is 2. The number of hydrogen-bond donors (Lipinski definition) is 1. The van der Waals surface area contributed by atoms with Gasteiger partial charge in [-0.25, -0.2) is 0 Å². The number of nitrogens with zero attached hydrogens (tertiary/aromatic N) is 2. The number of rotatable bonds is 7. The maximum absolute atomic E-state index is 12.3. The van der Waals surface area contributed by atoms with Crippen molar-refractivity contribution in [2.75, 3.05) is 20.2 Å². The van der Waals surface area contributed by atoms with E-state index in [4.69, 9.17) is 9.84 Å². The molecule has 0 aromatic heterocycles. The minimum atomic E-state index is -1.17. The van der Waals surface area contributed by atoms with E-state index in [1.807, 2.05) is 0 Å². The monoisotopic (exact) mass is 294 g/mol. The molecule has 1 aromatic carbocycles. The molecular weight excluding hydrogens is 280 g/mol. The molecule has 0 heterocycles. The van der Waals surface area contributed by atoms with Crippen LogP contribution in [0.2, 0.25) is 0 Å². The molecular formula is C13H14N2O6. The molecule has 0 saturated heterocycles. The van der Waals surface area contributed by atoms with Gasteiger partial charge in [-0.1, -0.05) is 6.08 Å². The Balaban J connectivity index is 3.17. The van der Waals surface area contributed by atoms with Crippen molar-refractivity contribution >= 4 is 17.6 Å². The van der Waals surface area contributed by atoms with Gasteiger partial charge in [0.05, 0.1) is 23.7 Å². The Morgan fingerprint density at radius 3 is 2.67 bits per heavy atom. The third kappa shape index (κ3) is 4.03. The molecule has 0 bridgehead atoms. The molecule has 1 aromatic rings. The molecule has 0 spiro atoms. The molecule has 0 radical (unpaired) electrons. The number of hydrogen-bond acceptors (Lipinski definition) is 5. The van der Waals surface area contributed by atoms with E-state index >= 15 is 0 Å². The highest BCUT2D eigenvalue weighted by Crippen LogP contribution is 2.25. The number of amides is 1. The van der Waals surface area contributed by atoms with Gasteiger partial charge < -0.3 is 14.7 Å². The predicted molar refractivity (Wildman–Crippen MR) is 73.4 cm³/mol. The third-order valence-corrected chi connectivity index (χ3v) is 2.59. The summed E-state index contributed by atoms with van der Waals surface area (Å²) in [4.78, 5) is 34.2. The number of ether oxygens (including phenoxy) is 1. The van der Waals surface area contributed by atoms with Gasteiger partial charge >= 0.3 is 5.97 Å². The van der Waals surface area contributed by atoms with Gasteiger partial charge in [-0.05, 0) is 6.07 Å². The van der Waals surface area contributed by atoms with E-state index < -0.39 is 23.3 Å². The lowest BCUT2D eigenvalue weighted by molar-refractivity contribution is -0.384. The Morgan fingerprint density at radius 2 is 2.19 bits per heavy atom. The average molecular weight is 294 g/mol. The van der Waals surface area contributed by atoms with Crippen molar-refractivity contribution in [1.82, 2.24) is 4.90 Å². The highest BCUT2D eigenvalue weighted by Gasteiger charge is 2.22. The molecule has 0 atom stereocenters. The first-order chi connectivity index (χ1) is 9.90. The van der Waals surface area contributed by atoms with E-state index in [-0.39, 0.29) is 23.5 Å². The lowest BCUT2D eigenvalue weighted by atomic mass is 10.1. The van der Waals surface area contributed by atoms with Gasteiger partial charge in [-0.3, -0.25) is 19.7 Å². The summed E-state index contributed by atoms with van der Waals surface area (Å²) in [6, 6.07) is 3.50. The predicted octanol–water partition coefficient (Wildman–Crippen LogP) is 1.32. The van der Waals surface area contributed by atoms with E-state index in [9.17, 15) is 19.7 Å². The average Bonchev–Trinajstić information content (AvgIpc) is 2.44. The van der Waals surface area contributed by atoms with Gasteiger partial charge in [-0.2, -0.15) is 0 Å². The number of nitro benzene ring substituents is 1. The topological polar surface area (TPSA) is 110 Å². The van der Waals surface area contributed by atoms with Crippen LogP contribution in [0, 0.1) is 10.1 Å². The minimum absolute atomic E-state index is 0.00801. The fraction of sp³-hybridized carbons (Fsp3) is 0.231. The van der Waals surface area contributed by atoms with Crippen molar-refractivity contribution in [1.29, 1.82) is 0 Å². The Bertz CT molecular complexity index is 584. The van der Waals surface area contributed by atoms with E-state index in [0.717, 1.165) is 17.0 Å². The van der Waals surface area contributed by atoms with Crippen molar-refractivity contribution in [2.24, 2.45) is 0 Å². The highest BCUT2D eigenvalue weighted by molar-refractivity contribution is 5.98. The molecule has 1 amide bonds. The van der Waals surface area contributed by atoms with Crippen LogP contribution in [0.1, 0.15) is 10.4 Å². The summed E-state index contributed by atoms with van der Waals surface area (Å²) in [5, 5.41) is 19.5. The second kappa shape index (κ2) is 7.04. The SMILES string of the molecule is C=CCN(CC(=O)O)C(=O)c1ccc([N+](=O)[O-])cc1OC. The first-order valence-corrected chi connectivity index (χ1v) is 5.85. The number of nitro groups is 1. The summed E-state index contributed by atoms with van der Waals surface area (Å²) in [5.74, 6) is -1.77. The molecule has 0 saturated carbocycles. The lowest BCUT2D eigenvalue weighted by Gasteiger charge is -2.20. The van der Waals surface area contributed by atoms with E-state index in [1.54, 1.807) is 0 Å². The maximum atomic E-state index is 12.3. The van der Waals surface area contributed by atoms with Crippen LogP contribution >= 0.6 is 0 Å². The summed E-state index contributed by atoms with van der Waals surface area (Å²) < 4.78 is 4.97. The third-order valence-electron chi connectivity index (χ3n) is 2.59. The molecule has 0 fully saturated rings. The van der Waals surface area contributed by atoms with Crippen molar-refractivity contribution in [3.05, 3.63) is 46.5 Å². The van der Waals surface area contributed by atoms with Crippen LogP contribution in [-0.4, -0.2) is 47.0 Å². The summed E-state index contributed by atoms with van der Waals surface area (Å²) >= 11 is 0. The number of methoxy groups -OCH3 is 1. The van der Waals surface area contributed by atoms with Crippen LogP contribution in [0.5, 0.6) is 5.75 Å². The molecule has 1 rings (SSSR count). The fourth-order valence-corrected chi connectivity index (χ4v) is 1.68. The molecule has 0 aliphatic carbocycles. The van der Waals surface area contributed by atoms with E-state index in [0.29, 0.717) is 0 Å². The van der Waals surface area contributed by atoms with Crippen LogP contribution in [-0.2, 0) is 4.79 Å². The standard InChI is InChI=1S/C13H14N2O6/c1-3-6-14(8-12(16)17)13(18)10-5-4-9(15(19)20)7-11(10)21-2/h3-5,7H,1,6,8H2,2H3,(H,16,17). The van der Waals surface area contributed by atoms with Crippen molar-refractivity contribution in [3.8, 4) is 5.75 Å². The largest absolute Gasteiger partial charge is 0.496 e. The summed E-state index contributed by atoms with van der Waals surface area (Å²) in [6.07, 6.45) is 1.39. The maximum Gasteiger partial charge on any atom is 0.323 e. The van der Waals surface area contributed by atoms with Crippen LogP contribution < -0.4 is 4.74 Å². The van der Waals surface area contributed by atoms with Crippen LogP contribution in [0.15, 0.2) is 30.9 Å².